The van der Waals surface area contributed by atoms with E-state index in [-0.39, 0.29) is 10.7 Å². The Morgan fingerprint density at radius 2 is 2.29 bits per heavy atom. The third-order valence-electron chi connectivity index (χ3n) is 3.22. The number of furan rings is 1. The van der Waals surface area contributed by atoms with Crippen molar-refractivity contribution >= 4 is 17.7 Å². The van der Waals surface area contributed by atoms with Crippen LogP contribution in [0, 0.1) is 11.3 Å². The van der Waals surface area contributed by atoms with Crippen molar-refractivity contribution in [1.29, 1.82) is 5.26 Å². The van der Waals surface area contributed by atoms with Crippen molar-refractivity contribution in [3.63, 3.8) is 0 Å². The largest absolute Gasteiger partial charge is 0.472 e. The van der Waals surface area contributed by atoms with Gasteiger partial charge in [0, 0.05) is 13.1 Å². The maximum Gasteiger partial charge on any atom is 0.257 e. The fraction of sp³-hybridized carbons (Fsp3) is 0.500. The van der Waals surface area contributed by atoms with Gasteiger partial charge in [-0.1, -0.05) is 0 Å². The molecular formula is C12H14N2O2S. The van der Waals surface area contributed by atoms with Gasteiger partial charge in [-0.25, -0.2) is 0 Å². The standard InChI is InChI=1S/C12H14N2O2S/c1-17-12(9-13)3-5-14(6-4-12)11(15)10-2-7-16-8-10/h2,7-8H,3-6H2,1H3. The average molecular weight is 250 g/mol. The topological polar surface area (TPSA) is 57.2 Å². The van der Waals surface area contributed by atoms with E-state index < -0.39 is 0 Å². The second kappa shape index (κ2) is 4.84. The van der Waals surface area contributed by atoms with E-state index >= 15 is 0 Å². The normalized spacial score (nSPS) is 18.7. The van der Waals surface area contributed by atoms with Gasteiger partial charge >= 0.3 is 0 Å². The van der Waals surface area contributed by atoms with Crippen LogP contribution in [0.15, 0.2) is 23.0 Å². The van der Waals surface area contributed by atoms with Gasteiger partial charge in [0.1, 0.15) is 11.0 Å². The van der Waals surface area contributed by atoms with Gasteiger partial charge in [0.25, 0.3) is 5.91 Å². The molecule has 1 aromatic rings. The maximum atomic E-state index is 12.0. The number of nitriles is 1. The quantitative estimate of drug-likeness (QED) is 0.807. The van der Waals surface area contributed by atoms with Crippen molar-refractivity contribution in [3.05, 3.63) is 24.2 Å². The zero-order chi connectivity index (χ0) is 12.3. The zero-order valence-corrected chi connectivity index (χ0v) is 10.5. The number of amides is 1. The minimum absolute atomic E-state index is 0.00797. The van der Waals surface area contributed by atoms with Crippen molar-refractivity contribution in [3.8, 4) is 6.07 Å². The highest BCUT2D eigenvalue weighted by Gasteiger charge is 2.35. The molecule has 0 spiro atoms. The zero-order valence-electron chi connectivity index (χ0n) is 9.68. The molecule has 4 nitrogen and oxygen atoms in total. The second-order valence-electron chi connectivity index (χ2n) is 4.11. The highest BCUT2D eigenvalue weighted by atomic mass is 32.2. The fourth-order valence-electron chi connectivity index (χ4n) is 2.00. The monoisotopic (exact) mass is 250 g/mol. The first kappa shape index (κ1) is 12.1. The number of likely N-dealkylation sites (tertiary alicyclic amines) is 1. The van der Waals surface area contributed by atoms with E-state index in [1.807, 2.05) is 6.26 Å². The summed E-state index contributed by atoms with van der Waals surface area (Å²) < 4.78 is 4.59. The van der Waals surface area contributed by atoms with Gasteiger partial charge in [0.05, 0.1) is 17.9 Å². The lowest BCUT2D eigenvalue weighted by Crippen LogP contribution is -2.44. The average Bonchev–Trinajstić information content (AvgIpc) is 2.92. The summed E-state index contributed by atoms with van der Waals surface area (Å²) in [7, 11) is 0. The molecule has 2 rings (SSSR count). The lowest BCUT2D eigenvalue weighted by atomic mass is 9.97. The molecule has 1 aromatic heterocycles. The number of carbonyl (C=O) groups is 1. The Bertz CT molecular complexity index is 428. The molecule has 1 fully saturated rings. The number of piperidine rings is 1. The highest BCUT2D eigenvalue weighted by molar-refractivity contribution is 8.00. The summed E-state index contributed by atoms with van der Waals surface area (Å²) in [5.41, 5.74) is 0.582. The minimum atomic E-state index is -0.312. The Labute approximate surface area is 105 Å². The summed E-state index contributed by atoms with van der Waals surface area (Å²) in [4.78, 5) is 13.8. The first-order valence-electron chi connectivity index (χ1n) is 5.49. The van der Waals surface area contributed by atoms with E-state index in [0.29, 0.717) is 18.7 Å². The molecule has 1 saturated heterocycles. The van der Waals surface area contributed by atoms with Crippen molar-refractivity contribution in [2.24, 2.45) is 0 Å². The van der Waals surface area contributed by atoms with Crippen LogP contribution < -0.4 is 0 Å². The van der Waals surface area contributed by atoms with Gasteiger partial charge in [-0.2, -0.15) is 5.26 Å². The van der Waals surface area contributed by atoms with E-state index in [4.69, 9.17) is 9.68 Å². The van der Waals surface area contributed by atoms with Crippen molar-refractivity contribution < 1.29 is 9.21 Å². The fourth-order valence-corrected chi connectivity index (χ4v) is 2.68. The molecule has 2 heterocycles. The molecule has 0 atom stereocenters. The summed E-state index contributed by atoms with van der Waals surface area (Å²) in [5.74, 6) is -0.00797. The first-order chi connectivity index (χ1) is 8.21. The molecule has 5 heteroatoms. The van der Waals surface area contributed by atoms with Gasteiger partial charge in [-0.05, 0) is 25.2 Å². The van der Waals surface area contributed by atoms with Crippen LogP contribution in [-0.4, -0.2) is 34.9 Å². The summed E-state index contributed by atoms with van der Waals surface area (Å²) in [5, 5.41) is 9.16. The molecule has 1 amide bonds. The molecule has 0 radical (unpaired) electrons. The molecule has 1 aliphatic rings. The van der Waals surface area contributed by atoms with Crippen LogP contribution in [0.5, 0.6) is 0 Å². The second-order valence-corrected chi connectivity index (χ2v) is 5.30. The van der Waals surface area contributed by atoms with Crippen LogP contribution in [0.4, 0.5) is 0 Å². The van der Waals surface area contributed by atoms with Crippen LogP contribution in [0.25, 0.3) is 0 Å². The van der Waals surface area contributed by atoms with Gasteiger partial charge < -0.3 is 9.32 Å². The van der Waals surface area contributed by atoms with E-state index in [1.54, 1.807) is 22.7 Å². The smallest absolute Gasteiger partial charge is 0.257 e. The van der Waals surface area contributed by atoms with Crippen molar-refractivity contribution in [2.45, 2.75) is 17.6 Å². The molecule has 0 aromatic carbocycles. The number of thioether (sulfide) groups is 1. The number of hydrogen-bond donors (Lipinski definition) is 0. The van der Waals surface area contributed by atoms with Crippen LogP contribution in [0.2, 0.25) is 0 Å². The van der Waals surface area contributed by atoms with Gasteiger partial charge in [-0.15, -0.1) is 11.8 Å². The minimum Gasteiger partial charge on any atom is -0.472 e. The first-order valence-corrected chi connectivity index (χ1v) is 6.71. The van der Waals surface area contributed by atoms with Crippen molar-refractivity contribution in [2.75, 3.05) is 19.3 Å². The summed E-state index contributed by atoms with van der Waals surface area (Å²) >= 11 is 1.59. The third-order valence-corrected chi connectivity index (χ3v) is 4.50. The Morgan fingerprint density at radius 3 is 2.76 bits per heavy atom. The number of rotatable bonds is 2. The van der Waals surface area contributed by atoms with Gasteiger partial charge in [0.2, 0.25) is 0 Å². The van der Waals surface area contributed by atoms with Gasteiger partial charge in [-0.3, -0.25) is 4.79 Å². The summed E-state index contributed by atoms with van der Waals surface area (Å²) in [6, 6.07) is 4.04. The molecule has 0 saturated carbocycles. The molecule has 90 valence electrons. The van der Waals surface area contributed by atoms with E-state index in [2.05, 4.69) is 6.07 Å². The molecule has 0 bridgehead atoms. The Hall–Kier alpha value is -1.41. The molecule has 1 aliphatic heterocycles. The van der Waals surface area contributed by atoms with Crippen molar-refractivity contribution in [1.82, 2.24) is 4.90 Å². The molecular weight excluding hydrogens is 236 g/mol. The van der Waals surface area contributed by atoms with Crippen LogP contribution in [0.3, 0.4) is 0 Å². The van der Waals surface area contributed by atoms with E-state index in [1.165, 1.54) is 12.5 Å². The third kappa shape index (κ3) is 2.32. The number of hydrogen-bond acceptors (Lipinski definition) is 4. The molecule has 0 aliphatic carbocycles. The van der Waals surface area contributed by atoms with E-state index in [0.717, 1.165) is 12.8 Å². The predicted molar refractivity (Wildman–Crippen MR) is 65.7 cm³/mol. The maximum absolute atomic E-state index is 12.0. The van der Waals surface area contributed by atoms with Crippen LogP contribution in [0.1, 0.15) is 23.2 Å². The van der Waals surface area contributed by atoms with Crippen LogP contribution >= 0.6 is 11.8 Å². The predicted octanol–water partition coefficient (Wildman–Crippen LogP) is 2.14. The molecule has 17 heavy (non-hydrogen) atoms. The molecule has 0 unspecified atom stereocenters. The number of nitrogens with zero attached hydrogens (tertiary/aromatic N) is 2. The lowest BCUT2D eigenvalue weighted by molar-refractivity contribution is 0.0716. The van der Waals surface area contributed by atoms with E-state index in [9.17, 15) is 4.79 Å². The Balaban J connectivity index is 2.01. The lowest BCUT2D eigenvalue weighted by Gasteiger charge is -2.35. The SMILES string of the molecule is CSC1(C#N)CCN(C(=O)c2ccoc2)CC1. The number of carbonyl (C=O) groups excluding carboxylic acids is 1. The highest BCUT2D eigenvalue weighted by Crippen LogP contribution is 2.34. The Kier molecular flexibility index (Phi) is 3.43. The summed E-state index contributed by atoms with van der Waals surface area (Å²) in [6.07, 6.45) is 6.38. The Morgan fingerprint density at radius 1 is 1.59 bits per heavy atom. The molecule has 0 N–H and O–H groups in total. The van der Waals surface area contributed by atoms with Crippen LogP contribution in [-0.2, 0) is 0 Å². The summed E-state index contributed by atoms with van der Waals surface area (Å²) in [6.45, 7) is 1.27. The van der Waals surface area contributed by atoms with Gasteiger partial charge in [0.15, 0.2) is 0 Å².